The number of hydrogen-bond donors (Lipinski definition) is 0. The number of aryl methyl sites for hydroxylation is 1. The van der Waals surface area contributed by atoms with E-state index in [1.807, 2.05) is 48.5 Å². The van der Waals surface area contributed by atoms with Crippen molar-refractivity contribution in [2.24, 2.45) is 7.05 Å². The highest BCUT2D eigenvalue weighted by molar-refractivity contribution is 9.10. The van der Waals surface area contributed by atoms with Crippen LogP contribution in [0, 0.1) is 0 Å². The summed E-state index contributed by atoms with van der Waals surface area (Å²) in [6.45, 7) is 6.81. The van der Waals surface area contributed by atoms with E-state index >= 15 is 0 Å². The Morgan fingerprint density at radius 1 is 1.23 bits per heavy atom. The number of aromatic nitrogens is 2. The quantitative estimate of drug-likeness (QED) is 0.208. The van der Waals surface area contributed by atoms with Crippen LogP contribution in [0.3, 0.4) is 0 Å². The van der Waals surface area contributed by atoms with E-state index < -0.39 is 0 Å². The maximum Gasteiger partial charge on any atom is 0.348 e. The van der Waals surface area contributed by atoms with Crippen LogP contribution in [-0.2, 0) is 7.05 Å². The minimum absolute atomic E-state index is 0.0429. The summed E-state index contributed by atoms with van der Waals surface area (Å²) in [6.07, 6.45) is 6.25. The summed E-state index contributed by atoms with van der Waals surface area (Å²) in [5.41, 5.74) is 2.11. The largest absolute Gasteiger partial charge is 0.475 e. The lowest BCUT2D eigenvalue weighted by atomic mass is 10.1. The number of unbranched alkanes of at least 4 members (excludes halogenated alkanes) is 2. The zero-order valence-corrected chi connectivity index (χ0v) is 20.1. The zero-order valence-electron chi connectivity index (χ0n) is 18.5. The first kappa shape index (κ1) is 23.2. The van der Waals surface area contributed by atoms with Crippen LogP contribution in [0.15, 0.2) is 64.4 Å². The number of rotatable bonds is 10. The molecule has 0 saturated carbocycles. The fourth-order valence-electron chi connectivity index (χ4n) is 3.65. The van der Waals surface area contributed by atoms with Crippen molar-refractivity contribution in [3.8, 4) is 17.0 Å². The zero-order chi connectivity index (χ0) is 22.4. The number of hydrogen-bond acceptors (Lipinski definition) is 4. The van der Waals surface area contributed by atoms with E-state index in [-0.39, 0.29) is 11.9 Å². The Bertz CT molecular complexity index is 1090. The van der Waals surface area contributed by atoms with Gasteiger partial charge in [-0.2, -0.15) is 4.98 Å². The first-order valence-electron chi connectivity index (χ1n) is 10.7. The molecule has 1 unspecified atom stereocenters. The molecule has 6 heteroatoms. The lowest BCUT2D eigenvalue weighted by Crippen LogP contribution is -2.36. The number of likely N-dealkylation sites (N-methyl/N-ethyl adjacent to an activating group) is 1. The third-order valence-electron chi connectivity index (χ3n) is 5.43. The highest BCUT2D eigenvalue weighted by Gasteiger charge is 2.17. The van der Waals surface area contributed by atoms with Gasteiger partial charge in [0.05, 0.1) is 11.2 Å². The van der Waals surface area contributed by atoms with Gasteiger partial charge in [0.25, 0.3) is 0 Å². The predicted molar refractivity (Wildman–Crippen MR) is 132 cm³/mol. The Morgan fingerprint density at radius 2 is 1.97 bits per heavy atom. The van der Waals surface area contributed by atoms with Gasteiger partial charge in [0.15, 0.2) is 6.23 Å². The van der Waals surface area contributed by atoms with Crippen molar-refractivity contribution in [3.05, 3.63) is 70.1 Å². The molecule has 3 aromatic rings. The molecule has 5 nitrogen and oxygen atoms in total. The van der Waals surface area contributed by atoms with E-state index in [9.17, 15) is 4.79 Å². The van der Waals surface area contributed by atoms with Gasteiger partial charge in [-0.1, -0.05) is 53.9 Å². The van der Waals surface area contributed by atoms with Gasteiger partial charge in [-0.3, -0.25) is 9.47 Å². The molecule has 164 valence electrons. The number of nitrogens with zero attached hydrogens (tertiary/aromatic N) is 3. The monoisotopic (exact) mass is 483 g/mol. The molecule has 0 aliphatic rings. The maximum atomic E-state index is 12.5. The highest BCUT2D eigenvalue weighted by atomic mass is 79.9. The van der Waals surface area contributed by atoms with E-state index in [0.29, 0.717) is 5.69 Å². The van der Waals surface area contributed by atoms with Gasteiger partial charge in [-0.05, 0) is 50.2 Å². The van der Waals surface area contributed by atoms with Gasteiger partial charge in [0, 0.05) is 29.0 Å². The fourth-order valence-corrected chi connectivity index (χ4v) is 3.91. The molecule has 2 aromatic carbocycles. The second-order valence-corrected chi connectivity index (χ2v) is 8.70. The van der Waals surface area contributed by atoms with E-state index in [1.54, 1.807) is 11.6 Å². The van der Waals surface area contributed by atoms with Crippen LogP contribution in [0.1, 0.15) is 32.6 Å². The molecule has 0 bridgehead atoms. The topological polar surface area (TPSA) is 47.4 Å². The van der Waals surface area contributed by atoms with Gasteiger partial charge >= 0.3 is 5.69 Å². The average Bonchev–Trinajstić information content (AvgIpc) is 2.76. The van der Waals surface area contributed by atoms with Crippen molar-refractivity contribution in [1.29, 1.82) is 0 Å². The molecule has 1 aromatic heterocycles. The Balaban J connectivity index is 2.02. The summed E-state index contributed by atoms with van der Waals surface area (Å²) in [6, 6.07) is 13.7. The normalized spacial score (nSPS) is 12.3. The molecule has 31 heavy (non-hydrogen) atoms. The molecule has 0 amide bonds. The SMILES string of the molecule is C=CCN(C)C(CCCCC)Oc1ccc2c(c1)c(-c1ccc(Br)cc1)nc(=O)n2C. The molecule has 0 radical (unpaired) electrons. The minimum Gasteiger partial charge on any atom is -0.475 e. The molecular formula is C25H30BrN3O2. The van der Waals surface area contributed by atoms with Crippen molar-refractivity contribution in [1.82, 2.24) is 14.5 Å². The maximum absolute atomic E-state index is 12.5. The second kappa shape index (κ2) is 10.7. The van der Waals surface area contributed by atoms with Gasteiger partial charge in [-0.15, -0.1) is 6.58 Å². The number of halogens is 1. The Morgan fingerprint density at radius 3 is 2.65 bits per heavy atom. The van der Waals surface area contributed by atoms with Crippen molar-refractivity contribution in [3.63, 3.8) is 0 Å². The third-order valence-corrected chi connectivity index (χ3v) is 5.96. The summed E-state index contributed by atoms with van der Waals surface area (Å²) >= 11 is 3.47. The molecule has 3 rings (SSSR count). The Kier molecular flexibility index (Phi) is 8.04. The summed E-state index contributed by atoms with van der Waals surface area (Å²) < 4.78 is 8.97. The van der Waals surface area contributed by atoms with E-state index in [1.165, 1.54) is 12.8 Å². The van der Waals surface area contributed by atoms with Gasteiger partial charge < -0.3 is 4.74 Å². The fraction of sp³-hybridized carbons (Fsp3) is 0.360. The van der Waals surface area contributed by atoms with Crippen LogP contribution < -0.4 is 10.4 Å². The van der Waals surface area contributed by atoms with Crippen molar-refractivity contribution in [2.45, 2.75) is 38.8 Å². The first-order valence-corrected chi connectivity index (χ1v) is 11.5. The Labute approximate surface area is 192 Å². The molecular weight excluding hydrogens is 454 g/mol. The highest BCUT2D eigenvalue weighted by Crippen LogP contribution is 2.30. The molecule has 0 N–H and O–H groups in total. The lowest BCUT2D eigenvalue weighted by Gasteiger charge is -2.28. The summed E-state index contributed by atoms with van der Waals surface area (Å²) in [5, 5.41) is 0.889. The summed E-state index contributed by atoms with van der Waals surface area (Å²) in [4.78, 5) is 19.0. The van der Waals surface area contributed by atoms with Crippen LogP contribution in [0.4, 0.5) is 0 Å². The molecule has 0 aliphatic heterocycles. The molecule has 0 aliphatic carbocycles. The number of benzene rings is 2. The smallest absolute Gasteiger partial charge is 0.348 e. The molecule has 0 saturated heterocycles. The first-order chi connectivity index (χ1) is 14.9. The molecule has 0 fully saturated rings. The van der Waals surface area contributed by atoms with Crippen LogP contribution >= 0.6 is 15.9 Å². The van der Waals surface area contributed by atoms with Gasteiger partial charge in [-0.25, -0.2) is 4.79 Å². The van der Waals surface area contributed by atoms with Crippen LogP contribution in [0.5, 0.6) is 5.75 Å². The lowest BCUT2D eigenvalue weighted by molar-refractivity contribution is 0.0442. The van der Waals surface area contributed by atoms with Crippen molar-refractivity contribution in [2.75, 3.05) is 13.6 Å². The van der Waals surface area contributed by atoms with Crippen LogP contribution in [0.25, 0.3) is 22.2 Å². The predicted octanol–water partition coefficient (Wildman–Crippen LogP) is 5.77. The van der Waals surface area contributed by atoms with Crippen LogP contribution in [-0.4, -0.2) is 34.3 Å². The van der Waals surface area contributed by atoms with Crippen LogP contribution in [0.2, 0.25) is 0 Å². The number of ether oxygens (including phenoxy) is 1. The van der Waals surface area contributed by atoms with Crippen molar-refractivity contribution >= 4 is 26.8 Å². The summed E-state index contributed by atoms with van der Waals surface area (Å²) in [5.74, 6) is 0.767. The summed E-state index contributed by atoms with van der Waals surface area (Å²) in [7, 11) is 3.80. The van der Waals surface area contributed by atoms with Gasteiger partial charge in [0.1, 0.15) is 5.75 Å². The van der Waals surface area contributed by atoms with Gasteiger partial charge in [0.2, 0.25) is 0 Å². The average molecular weight is 484 g/mol. The molecule has 1 heterocycles. The minimum atomic E-state index is -0.276. The van der Waals surface area contributed by atoms with Crippen molar-refractivity contribution < 1.29 is 4.74 Å². The third kappa shape index (κ3) is 5.63. The van der Waals surface area contributed by atoms with E-state index in [2.05, 4.69) is 46.4 Å². The standard InChI is InChI=1S/C25H30BrN3O2/c1-5-7-8-9-23(28(3)16-6-2)31-20-14-15-22-21(17-20)24(27-25(30)29(22)4)18-10-12-19(26)13-11-18/h6,10-15,17,23H,2,5,7-9,16H2,1,3-4H3. The van der Waals surface area contributed by atoms with E-state index in [0.717, 1.165) is 46.1 Å². The second-order valence-electron chi connectivity index (χ2n) is 7.78. The molecule has 0 spiro atoms. The Hall–Kier alpha value is -2.44. The van der Waals surface area contributed by atoms with E-state index in [4.69, 9.17) is 4.74 Å². The molecule has 1 atom stereocenters. The number of fused-ring (bicyclic) bond motifs is 1.